The topological polar surface area (TPSA) is 53.8 Å². The molecule has 2 heterocycles. The summed E-state index contributed by atoms with van der Waals surface area (Å²) in [5, 5.41) is 5.00. The number of thiol groups is 1. The van der Waals surface area contributed by atoms with Crippen molar-refractivity contribution in [2.24, 2.45) is 5.73 Å². The standard InChI is InChI=1S/C15H15N3S/c16-14(9-19)13-8-18-15-12(13)6-11(7-17-15)10-4-2-1-3-5-10/h1-6,8-9,17-19H,7,16H2/b14-9-. The van der Waals surface area contributed by atoms with Crippen LogP contribution in [0.2, 0.25) is 0 Å². The Labute approximate surface area is 117 Å². The van der Waals surface area contributed by atoms with Gasteiger partial charge in [0.15, 0.2) is 0 Å². The molecular formula is C15H15N3S. The zero-order valence-corrected chi connectivity index (χ0v) is 11.2. The molecule has 1 aromatic carbocycles. The highest BCUT2D eigenvalue weighted by Crippen LogP contribution is 2.32. The zero-order valence-electron chi connectivity index (χ0n) is 10.4. The summed E-state index contributed by atoms with van der Waals surface area (Å²) < 4.78 is 0. The van der Waals surface area contributed by atoms with Gasteiger partial charge in [-0.15, -0.1) is 12.6 Å². The van der Waals surface area contributed by atoms with Crippen LogP contribution in [0.15, 0.2) is 41.9 Å². The summed E-state index contributed by atoms with van der Waals surface area (Å²) in [7, 11) is 0. The van der Waals surface area contributed by atoms with Crippen LogP contribution in [0.25, 0.3) is 17.3 Å². The Bertz CT molecular complexity index is 653. The Morgan fingerprint density at radius 1 is 1.26 bits per heavy atom. The normalized spacial score (nSPS) is 14.6. The highest BCUT2D eigenvalue weighted by Gasteiger charge is 2.16. The lowest BCUT2D eigenvalue weighted by molar-refractivity contribution is 1.26. The highest BCUT2D eigenvalue weighted by molar-refractivity contribution is 7.83. The van der Waals surface area contributed by atoms with E-state index in [-0.39, 0.29) is 0 Å². The summed E-state index contributed by atoms with van der Waals surface area (Å²) in [6.45, 7) is 0.807. The van der Waals surface area contributed by atoms with Crippen LogP contribution < -0.4 is 11.1 Å². The Morgan fingerprint density at radius 3 is 2.79 bits per heavy atom. The second kappa shape index (κ2) is 4.90. The molecule has 4 heteroatoms. The van der Waals surface area contributed by atoms with Gasteiger partial charge in [0.05, 0.1) is 0 Å². The predicted octanol–water partition coefficient (Wildman–Crippen LogP) is 3.17. The minimum Gasteiger partial charge on any atom is -0.398 e. The van der Waals surface area contributed by atoms with Crippen molar-refractivity contribution in [1.29, 1.82) is 0 Å². The third-order valence-electron chi connectivity index (χ3n) is 3.29. The van der Waals surface area contributed by atoms with Crippen LogP contribution in [0.1, 0.15) is 16.7 Å². The van der Waals surface area contributed by atoms with Crippen LogP contribution in [-0.4, -0.2) is 11.5 Å². The number of nitrogens with one attached hydrogen (secondary N) is 2. The smallest absolute Gasteiger partial charge is 0.111 e. The lowest BCUT2D eigenvalue weighted by atomic mass is 9.99. The summed E-state index contributed by atoms with van der Waals surface area (Å²) in [6, 6.07) is 10.3. The van der Waals surface area contributed by atoms with Gasteiger partial charge in [0.25, 0.3) is 0 Å². The van der Waals surface area contributed by atoms with E-state index < -0.39 is 0 Å². The van der Waals surface area contributed by atoms with Crippen LogP contribution in [0.4, 0.5) is 5.82 Å². The molecule has 1 aliphatic heterocycles. The summed E-state index contributed by atoms with van der Waals surface area (Å²) in [4.78, 5) is 3.20. The van der Waals surface area contributed by atoms with Crippen molar-refractivity contribution in [3.8, 4) is 0 Å². The van der Waals surface area contributed by atoms with Crippen LogP contribution in [0.5, 0.6) is 0 Å². The molecule has 0 spiro atoms. The predicted molar refractivity (Wildman–Crippen MR) is 84.7 cm³/mol. The van der Waals surface area contributed by atoms with E-state index in [9.17, 15) is 0 Å². The van der Waals surface area contributed by atoms with Gasteiger partial charge in [-0.2, -0.15) is 0 Å². The number of anilines is 1. The van der Waals surface area contributed by atoms with Gasteiger partial charge < -0.3 is 16.0 Å². The second-order valence-corrected chi connectivity index (χ2v) is 4.72. The summed E-state index contributed by atoms with van der Waals surface area (Å²) in [6.07, 6.45) is 4.08. The molecule has 0 saturated heterocycles. The quantitative estimate of drug-likeness (QED) is 0.633. The molecule has 1 aliphatic rings. The van der Waals surface area contributed by atoms with Gasteiger partial charge in [-0.25, -0.2) is 0 Å². The maximum atomic E-state index is 5.95. The number of aromatic nitrogens is 1. The molecule has 0 atom stereocenters. The third-order valence-corrected chi connectivity index (χ3v) is 3.57. The minimum absolute atomic E-state index is 0.660. The van der Waals surface area contributed by atoms with Gasteiger partial charge in [-0.1, -0.05) is 30.3 Å². The second-order valence-electron chi connectivity index (χ2n) is 4.46. The number of aromatic amines is 1. The van der Waals surface area contributed by atoms with E-state index in [0.717, 1.165) is 23.5 Å². The van der Waals surface area contributed by atoms with Crippen molar-refractivity contribution in [1.82, 2.24) is 4.98 Å². The SMILES string of the molecule is N/C(=C\S)c1c[nH]c2c1C=C(c1ccccc1)CN2. The van der Waals surface area contributed by atoms with Gasteiger partial charge in [-0.05, 0) is 22.6 Å². The molecule has 0 saturated carbocycles. The summed E-state index contributed by atoms with van der Waals surface area (Å²) in [5.41, 5.74) is 11.2. The van der Waals surface area contributed by atoms with E-state index in [1.165, 1.54) is 11.1 Å². The Kier molecular flexibility index (Phi) is 3.09. The van der Waals surface area contributed by atoms with E-state index in [1.807, 2.05) is 24.4 Å². The Balaban J connectivity index is 2.07. The molecule has 0 unspecified atom stereocenters. The summed E-state index contributed by atoms with van der Waals surface area (Å²) in [5.74, 6) is 1.01. The maximum absolute atomic E-state index is 5.95. The first-order valence-electron chi connectivity index (χ1n) is 6.11. The molecule has 0 radical (unpaired) electrons. The zero-order chi connectivity index (χ0) is 13.2. The van der Waals surface area contributed by atoms with Crippen molar-refractivity contribution >= 4 is 35.8 Å². The maximum Gasteiger partial charge on any atom is 0.111 e. The van der Waals surface area contributed by atoms with Crippen LogP contribution in [-0.2, 0) is 0 Å². The van der Waals surface area contributed by atoms with E-state index in [2.05, 4.69) is 41.1 Å². The lowest BCUT2D eigenvalue weighted by Crippen LogP contribution is -2.10. The average molecular weight is 269 g/mol. The molecule has 3 nitrogen and oxygen atoms in total. The number of hydrogen-bond acceptors (Lipinski definition) is 3. The molecular weight excluding hydrogens is 254 g/mol. The molecule has 0 aliphatic carbocycles. The molecule has 0 amide bonds. The number of fused-ring (bicyclic) bond motifs is 1. The van der Waals surface area contributed by atoms with Crippen molar-refractivity contribution in [2.75, 3.05) is 11.9 Å². The van der Waals surface area contributed by atoms with Gasteiger partial charge in [0.2, 0.25) is 0 Å². The van der Waals surface area contributed by atoms with E-state index in [0.29, 0.717) is 5.70 Å². The van der Waals surface area contributed by atoms with Crippen LogP contribution in [0, 0.1) is 0 Å². The van der Waals surface area contributed by atoms with Crippen molar-refractivity contribution < 1.29 is 0 Å². The van der Waals surface area contributed by atoms with Crippen molar-refractivity contribution in [2.45, 2.75) is 0 Å². The Hall–Kier alpha value is -2.07. The van der Waals surface area contributed by atoms with Gasteiger partial charge in [0.1, 0.15) is 5.82 Å². The number of benzene rings is 1. The molecule has 19 heavy (non-hydrogen) atoms. The third kappa shape index (κ3) is 2.15. The van der Waals surface area contributed by atoms with E-state index >= 15 is 0 Å². The highest BCUT2D eigenvalue weighted by atomic mass is 32.1. The lowest BCUT2D eigenvalue weighted by Gasteiger charge is -2.17. The number of nitrogens with two attached hydrogens (primary N) is 1. The van der Waals surface area contributed by atoms with E-state index in [1.54, 1.807) is 5.41 Å². The van der Waals surface area contributed by atoms with Gasteiger partial charge in [-0.3, -0.25) is 0 Å². The number of H-pyrrole nitrogens is 1. The first kappa shape index (κ1) is 12.0. The molecule has 0 bridgehead atoms. The monoisotopic (exact) mass is 269 g/mol. The fourth-order valence-corrected chi connectivity index (χ4v) is 2.42. The van der Waals surface area contributed by atoms with Gasteiger partial charge >= 0.3 is 0 Å². The first-order valence-corrected chi connectivity index (χ1v) is 6.62. The molecule has 96 valence electrons. The molecule has 3 rings (SSSR count). The molecule has 4 N–H and O–H groups in total. The fourth-order valence-electron chi connectivity index (χ4n) is 2.29. The van der Waals surface area contributed by atoms with Crippen molar-refractivity contribution in [3.63, 3.8) is 0 Å². The summed E-state index contributed by atoms with van der Waals surface area (Å²) >= 11 is 4.12. The number of hydrogen-bond donors (Lipinski definition) is 4. The first-order chi connectivity index (χ1) is 9.29. The van der Waals surface area contributed by atoms with Crippen LogP contribution >= 0.6 is 12.6 Å². The number of rotatable bonds is 2. The fraction of sp³-hybridized carbons (Fsp3) is 0.0667. The molecule has 0 fully saturated rings. The van der Waals surface area contributed by atoms with Gasteiger partial charge in [0, 0.05) is 29.6 Å². The van der Waals surface area contributed by atoms with Crippen molar-refractivity contribution in [3.05, 3.63) is 58.6 Å². The molecule has 2 aromatic rings. The van der Waals surface area contributed by atoms with E-state index in [4.69, 9.17) is 5.73 Å². The minimum atomic E-state index is 0.660. The van der Waals surface area contributed by atoms with Crippen LogP contribution in [0.3, 0.4) is 0 Å². The molecule has 1 aromatic heterocycles. The largest absolute Gasteiger partial charge is 0.398 e. The average Bonchev–Trinajstić information content (AvgIpc) is 2.90. The Morgan fingerprint density at radius 2 is 2.05 bits per heavy atom.